The first-order valence-corrected chi connectivity index (χ1v) is 8.56. The van der Waals surface area contributed by atoms with E-state index in [2.05, 4.69) is 5.10 Å². The highest BCUT2D eigenvalue weighted by Gasteiger charge is 2.63. The number of carbonyl (C=O) groups excluding carboxylic acids is 1. The van der Waals surface area contributed by atoms with E-state index >= 15 is 0 Å². The van der Waals surface area contributed by atoms with Crippen molar-refractivity contribution < 1.29 is 27.8 Å². The first kappa shape index (κ1) is 20.2. The van der Waals surface area contributed by atoms with E-state index in [1.54, 1.807) is 19.1 Å². The van der Waals surface area contributed by atoms with Gasteiger partial charge < -0.3 is 9.84 Å². The van der Waals surface area contributed by atoms with Crippen LogP contribution in [0.3, 0.4) is 0 Å². The molecule has 148 valence electrons. The molecular weight excluding hydrogens is 397 g/mol. The predicted octanol–water partition coefficient (Wildman–Crippen LogP) is 4.16. The van der Waals surface area contributed by atoms with Crippen LogP contribution in [0.1, 0.15) is 27.9 Å². The topological polar surface area (TPSA) is 62.1 Å². The lowest BCUT2D eigenvalue weighted by Crippen LogP contribution is -2.56. The summed E-state index contributed by atoms with van der Waals surface area (Å²) in [6, 6.07) is 10.5. The molecule has 1 N–H and O–H groups in total. The second-order valence-corrected chi connectivity index (χ2v) is 6.78. The van der Waals surface area contributed by atoms with Gasteiger partial charge in [0, 0.05) is 5.56 Å². The monoisotopic (exact) mass is 412 g/mol. The van der Waals surface area contributed by atoms with Crippen molar-refractivity contribution in [1.29, 1.82) is 0 Å². The van der Waals surface area contributed by atoms with Gasteiger partial charge in [0.05, 0.1) is 29.8 Å². The maximum atomic E-state index is 13.7. The number of hydrogen-bond acceptors (Lipinski definition) is 4. The molecule has 0 spiro atoms. The Morgan fingerprint density at radius 3 is 2.61 bits per heavy atom. The summed E-state index contributed by atoms with van der Waals surface area (Å²) in [4.78, 5) is 12.8. The van der Waals surface area contributed by atoms with E-state index in [9.17, 15) is 23.1 Å². The molecule has 0 aliphatic carbocycles. The number of benzene rings is 2. The molecule has 9 heteroatoms. The summed E-state index contributed by atoms with van der Waals surface area (Å²) in [6.07, 6.45) is -6.05. The molecule has 1 amide bonds. The fourth-order valence-electron chi connectivity index (χ4n) is 2.85. The van der Waals surface area contributed by atoms with Crippen LogP contribution in [-0.2, 0) is 0 Å². The Kier molecular flexibility index (Phi) is 5.12. The van der Waals surface area contributed by atoms with E-state index in [1.807, 2.05) is 0 Å². The van der Waals surface area contributed by atoms with Crippen molar-refractivity contribution in [3.05, 3.63) is 64.2 Å². The third-order valence-electron chi connectivity index (χ3n) is 4.39. The Bertz CT molecular complexity index is 962. The molecule has 1 atom stereocenters. The average molecular weight is 413 g/mol. The molecule has 5 nitrogen and oxygen atoms in total. The number of halogens is 4. The van der Waals surface area contributed by atoms with Crippen LogP contribution in [0.4, 0.5) is 13.2 Å². The maximum absolute atomic E-state index is 13.7. The standard InChI is InChI=1S/C19H16ClF3N2O3/c1-11-6-7-14(15(20)8-11)17(26)25-18(27,19(21,22)23)10-16(24-25)12-4-3-5-13(9-12)28-2/h3-9,27H,10H2,1-2H3/t18-/m0/s1. The second-order valence-electron chi connectivity index (χ2n) is 6.37. The van der Waals surface area contributed by atoms with E-state index in [1.165, 1.54) is 37.4 Å². The molecular formula is C19H16ClF3N2O3. The summed E-state index contributed by atoms with van der Waals surface area (Å²) >= 11 is 6.03. The van der Waals surface area contributed by atoms with E-state index in [4.69, 9.17) is 16.3 Å². The molecule has 3 rings (SSSR count). The average Bonchev–Trinajstić information content (AvgIpc) is 3.00. The van der Waals surface area contributed by atoms with Crippen LogP contribution >= 0.6 is 11.6 Å². The number of ether oxygens (including phenoxy) is 1. The van der Waals surface area contributed by atoms with Crippen molar-refractivity contribution in [3.8, 4) is 5.75 Å². The molecule has 1 aliphatic rings. The molecule has 1 heterocycles. The van der Waals surface area contributed by atoms with Crippen molar-refractivity contribution in [3.63, 3.8) is 0 Å². The summed E-state index contributed by atoms with van der Waals surface area (Å²) < 4.78 is 46.2. The minimum absolute atomic E-state index is 0.0282. The van der Waals surface area contributed by atoms with Gasteiger partial charge in [0.1, 0.15) is 5.75 Å². The zero-order valence-electron chi connectivity index (χ0n) is 14.9. The molecule has 0 fully saturated rings. The van der Waals surface area contributed by atoms with Crippen molar-refractivity contribution >= 4 is 23.2 Å². The molecule has 0 bridgehead atoms. The maximum Gasteiger partial charge on any atom is 0.438 e. The van der Waals surface area contributed by atoms with Crippen LogP contribution in [0.25, 0.3) is 0 Å². The van der Waals surface area contributed by atoms with Gasteiger partial charge in [0.15, 0.2) is 0 Å². The Hall–Kier alpha value is -2.58. The number of hydrazone groups is 1. The SMILES string of the molecule is COc1cccc(C2=NN(C(=O)c3ccc(C)cc3Cl)[C@@](O)(C(F)(F)F)C2)c1. The molecule has 28 heavy (non-hydrogen) atoms. The lowest BCUT2D eigenvalue weighted by Gasteiger charge is -2.32. The number of amides is 1. The fourth-order valence-corrected chi connectivity index (χ4v) is 3.17. The quantitative estimate of drug-likeness (QED) is 0.823. The third kappa shape index (κ3) is 3.45. The highest BCUT2D eigenvalue weighted by molar-refractivity contribution is 6.34. The lowest BCUT2D eigenvalue weighted by atomic mass is 10.00. The number of methoxy groups -OCH3 is 1. The Labute approximate surface area is 164 Å². The number of nitrogens with zero attached hydrogens (tertiary/aromatic N) is 2. The van der Waals surface area contributed by atoms with Gasteiger partial charge in [-0.05, 0) is 36.8 Å². The molecule has 2 aromatic carbocycles. The van der Waals surface area contributed by atoms with Gasteiger partial charge in [-0.1, -0.05) is 29.8 Å². The minimum Gasteiger partial charge on any atom is -0.497 e. The minimum atomic E-state index is -5.13. The number of alkyl halides is 3. The highest BCUT2D eigenvalue weighted by Crippen LogP contribution is 2.42. The molecule has 0 radical (unpaired) electrons. The van der Waals surface area contributed by atoms with Crippen molar-refractivity contribution in [2.45, 2.75) is 25.2 Å². The molecule has 0 aromatic heterocycles. The van der Waals surface area contributed by atoms with E-state index in [-0.39, 0.29) is 21.3 Å². The summed E-state index contributed by atoms with van der Waals surface area (Å²) in [6.45, 7) is 1.72. The number of rotatable bonds is 3. The zero-order chi connectivity index (χ0) is 20.7. The summed E-state index contributed by atoms with van der Waals surface area (Å²) in [7, 11) is 1.41. The van der Waals surface area contributed by atoms with Crippen LogP contribution in [0.5, 0.6) is 5.75 Å². The van der Waals surface area contributed by atoms with Gasteiger partial charge in [-0.3, -0.25) is 4.79 Å². The van der Waals surface area contributed by atoms with E-state index < -0.39 is 24.2 Å². The van der Waals surface area contributed by atoms with Crippen LogP contribution < -0.4 is 4.74 Å². The van der Waals surface area contributed by atoms with Crippen molar-refractivity contribution in [1.82, 2.24) is 5.01 Å². The van der Waals surface area contributed by atoms with Gasteiger partial charge in [-0.2, -0.15) is 23.3 Å². The summed E-state index contributed by atoms with van der Waals surface area (Å²) in [5, 5.41) is 14.2. The lowest BCUT2D eigenvalue weighted by molar-refractivity contribution is -0.297. The molecule has 0 saturated carbocycles. The van der Waals surface area contributed by atoms with E-state index in [0.29, 0.717) is 11.3 Å². The van der Waals surface area contributed by atoms with Gasteiger partial charge >= 0.3 is 6.18 Å². The van der Waals surface area contributed by atoms with Crippen LogP contribution in [-0.4, -0.2) is 40.7 Å². The first-order valence-electron chi connectivity index (χ1n) is 8.18. The van der Waals surface area contributed by atoms with Crippen LogP contribution in [0.15, 0.2) is 47.6 Å². The van der Waals surface area contributed by atoms with Crippen molar-refractivity contribution in [2.75, 3.05) is 7.11 Å². The van der Waals surface area contributed by atoms with Gasteiger partial charge in [0.2, 0.25) is 0 Å². The van der Waals surface area contributed by atoms with Crippen LogP contribution in [0.2, 0.25) is 5.02 Å². The van der Waals surface area contributed by atoms with Gasteiger partial charge in [-0.25, -0.2) is 0 Å². The number of aliphatic hydroxyl groups is 1. The molecule has 1 aliphatic heterocycles. The Balaban J connectivity index is 2.08. The van der Waals surface area contributed by atoms with Gasteiger partial charge in [-0.15, -0.1) is 0 Å². The largest absolute Gasteiger partial charge is 0.497 e. The smallest absolute Gasteiger partial charge is 0.438 e. The van der Waals surface area contributed by atoms with Crippen molar-refractivity contribution in [2.24, 2.45) is 5.10 Å². The first-order chi connectivity index (χ1) is 13.1. The fraction of sp³-hybridized carbons (Fsp3) is 0.263. The van der Waals surface area contributed by atoms with E-state index in [0.717, 1.165) is 5.56 Å². The summed E-state index contributed by atoms with van der Waals surface area (Å²) in [5.41, 5.74) is -2.75. The highest BCUT2D eigenvalue weighted by atomic mass is 35.5. The third-order valence-corrected chi connectivity index (χ3v) is 4.70. The summed E-state index contributed by atoms with van der Waals surface area (Å²) in [5.74, 6) is -0.746. The van der Waals surface area contributed by atoms with Crippen LogP contribution in [0, 0.1) is 6.92 Å². The molecule has 2 aromatic rings. The molecule has 0 unspecified atom stereocenters. The number of carbonyl (C=O) groups is 1. The normalized spacial score (nSPS) is 19.5. The number of aryl methyl sites for hydroxylation is 1. The Morgan fingerprint density at radius 2 is 2.00 bits per heavy atom. The molecule has 0 saturated heterocycles. The predicted molar refractivity (Wildman–Crippen MR) is 97.5 cm³/mol. The second kappa shape index (κ2) is 7.10. The number of hydrogen-bond donors (Lipinski definition) is 1. The van der Waals surface area contributed by atoms with Gasteiger partial charge in [0.25, 0.3) is 11.6 Å². The Morgan fingerprint density at radius 1 is 1.29 bits per heavy atom. The zero-order valence-corrected chi connectivity index (χ0v) is 15.7.